The number of rotatable bonds is 19. The summed E-state index contributed by atoms with van der Waals surface area (Å²) in [5, 5.41) is 18.5. The van der Waals surface area contributed by atoms with Gasteiger partial charge in [-0.25, -0.2) is 0 Å². The van der Waals surface area contributed by atoms with E-state index in [0.717, 1.165) is 32.6 Å². The van der Waals surface area contributed by atoms with E-state index in [9.17, 15) is 10.2 Å². The maximum Gasteiger partial charge on any atom is 0.0817 e. The van der Waals surface area contributed by atoms with Gasteiger partial charge in [0.05, 0.1) is 19.4 Å². The fourth-order valence-corrected chi connectivity index (χ4v) is 4.24. The topological polar surface area (TPSA) is 46.9 Å². The summed E-state index contributed by atoms with van der Waals surface area (Å²) in [6, 6.07) is 0. The van der Waals surface area contributed by atoms with Gasteiger partial charge in [-0.05, 0) is 12.8 Å². The monoisotopic (exact) mass is 396 g/mol. The van der Waals surface area contributed by atoms with E-state index in [4.69, 9.17) is 0 Å². The molecule has 28 heavy (non-hydrogen) atoms. The number of aliphatic hydroxyl groups excluding tert-OH is 2. The molecule has 1 aliphatic heterocycles. The lowest BCUT2D eigenvalue weighted by atomic mass is 10.0. The molecule has 166 valence electrons. The zero-order chi connectivity index (χ0) is 20.3. The lowest BCUT2D eigenvalue weighted by Crippen LogP contribution is -2.39. The Morgan fingerprint density at radius 2 is 1.11 bits per heavy atom. The molecule has 0 aromatic carbocycles. The minimum absolute atomic E-state index is 0.205. The van der Waals surface area contributed by atoms with E-state index in [0.29, 0.717) is 0 Å². The summed E-state index contributed by atoms with van der Waals surface area (Å²) in [5.74, 6) is 0. The van der Waals surface area contributed by atoms with Gasteiger partial charge in [-0.1, -0.05) is 96.1 Å². The number of β-amino-alcohol motifs (C(OH)–C–C–N with tert-alkyl or cyclic N) is 2. The molecule has 2 N–H and O–H groups in total. The van der Waals surface area contributed by atoms with E-state index in [-0.39, 0.29) is 19.4 Å². The summed E-state index contributed by atoms with van der Waals surface area (Å²) in [6.07, 6.45) is 24.2. The molecule has 0 amide bonds. The van der Waals surface area contributed by atoms with Crippen LogP contribution in [0.2, 0.25) is 0 Å². The maximum atomic E-state index is 9.23. The predicted octanol–water partition coefficient (Wildman–Crippen LogP) is 4.95. The fourth-order valence-electron chi connectivity index (χ4n) is 4.24. The van der Waals surface area contributed by atoms with Crippen LogP contribution in [-0.2, 0) is 0 Å². The molecule has 1 aliphatic rings. The van der Waals surface area contributed by atoms with Gasteiger partial charge in [0.15, 0.2) is 0 Å². The second kappa shape index (κ2) is 18.6. The van der Waals surface area contributed by atoms with Crippen LogP contribution >= 0.6 is 0 Å². The van der Waals surface area contributed by atoms with Crippen molar-refractivity contribution in [3.8, 4) is 0 Å². The average molecular weight is 397 g/mol. The van der Waals surface area contributed by atoms with Crippen molar-refractivity contribution in [2.45, 2.75) is 103 Å². The summed E-state index contributed by atoms with van der Waals surface area (Å²) in [4.78, 5) is 4.60. The van der Waals surface area contributed by atoms with Gasteiger partial charge in [-0.3, -0.25) is 9.80 Å². The van der Waals surface area contributed by atoms with Crippen LogP contribution in [0.5, 0.6) is 0 Å². The first-order valence-corrected chi connectivity index (χ1v) is 12.2. The summed E-state index contributed by atoms with van der Waals surface area (Å²) in [6.45, 7) is 6.09. The van der Waals surface area contributed by atoms with E-state index in [1.54, 1.807) is 0 Å². The number of hydrogen-bond acceptors (Lipinski definition) is 4. The third kappa shape index (κ3) is 12.2. The number of allylic oxidation sites excluding steroid dienone is 1. The average Bonchev–Trinajstić information content (AvgIpc) is 3.07. The first-order chi connectivity index (χ1) is 13.8. The molecule has 0 atom stereocenters. The van der Waals surface area contributed by atoms with E-state index in [2.05, 4.69) is 28.9 Å². The van der Waals surface area contributed by atoms with Gasteiger partial charge in [0.2, 0.25) is 0 Å². The highest BCUT2D eigenvalue weighted by atomic mass is 16.3. The second-order valence-electron chi connectivity index (χ2n) is 8.39. The van der Waals surface area contributed by atoms with Crippen molar-refractivity contribution in [3.05, 3.63) is 12.2 Å². The smallest absolute Gasteiger partial charge is 0.0817 e. The van der Waals surface area contributed by atoms with Gasteiger partial charge in [-0.15, -0.1) is 0 Å². The first kappa shape index (κ1) is 25.6. The highest BCUT2D eigenvalue weighted by molar-refractivity contribution is 4.98. The van der Waals surface area contributed by atoms with Gasteiger partial charge < -0.3 is 10.2 Å². The fraction of sp³-hybridized carbons (Fsp3) is 0.917. The van der Waals surface area contributed by atoms with Crippen molar-refractivity contribution in [1.29, 1.82) is 0 Å². The standard InChI is InChI=1S/C24H48N2O2/c1-2-3-4-5-6-7-8-9-10-11-12-13-14-15-16-17-24-25(20-22-27)18-19-26(24)21-23-28/h16-17,24,27-28H,2-15,18-23H2,1H3. The van der Waals surface area contributed by atoms with E-state index < -0.39 is 0 Å². The SMILES string of the molecule is CCCCCCCCCCCCCCCC=CC1N(CCO)CCN1CCO. The Morgan fingerprint density at radius 3 is 1.54 bits per heavy atom. The molecule has 0 radical (unpaired) electrons. The second-order valence-corrected chi connectivity index (χ2v) is 8.39. The Balaban J connectivity index is 1.97. The summed E-state index contributed by atoms with van der Waals surface area (Å²) in [5.41, 5.74) is 0. The van der Waals surface area contributed by atoms with Gasteiger partial charge in [0.25, 0.3) is 0 Å². The number of unbranched alkanes of at least 4 members (excludes halogenated alkanes) is 13. The van der Waals surface area contributed by atoms with Crippen molar-refractivity contribution < 1.29 is 10.2 Å². The molecule has 4 heteroatoms. The molecule has 1 fully saturated rings. The van der Waals surface area contributed by atoms with Crippen LogP contribution in [0.3, 0.4) is 0 Å². The lowest BCUT2D eigenvalue weighted by molar-refractivity contribution is 0.130. The van der Waals surface area contributed by atoms with Crippen molar-refractivity contribution in [2.75, 3.05) is 39.4 Å². The van der Waals surface area contributed by atoms with Crippen molar-refractivity contribution in [2.24, 2.45) is 0 Å². The third-order valence-electron chi connectivity index (χ3n) is 5.98. The molecular formula is C24H48N2O2. The molecule has 0 aromatic rings. The molecule has 0 aliphatic carbocycles. The highest BCUT2D eigenvalue weighted by Gasteiger charge is 2.28. The van der Waals surface area contributed by atoms with Crippen LogP contribution < -0.4 is 0 Å². The molecule has 0 aromatic heterocycles. The molecule has 0 saturated carbocycles. The minimum Gasteiger partial charge on any atom is -0.395 e. The summed E-state index contributed by atoms with van der Waals surface area (Å²) >= 11 is 0. The van der Waals surface area contributed by atoms with Crippen molar-refractivity contribution in [1.82, 2.24) is 9.80 Å². The number of hydrogen-bond donors (Lipinski definition) is 2. The molecule has 1 heterocycles. The molecule has 0 bridgehead atoms. The van der Waals surface area contributed by atoms with E-state index >= 15 is 0 Å². The van der Waals surface area contributed by atoms with E-state index in [1.807, 2.05) is 0 Å². The summed E-state index contributed by atoms with van der Waals surface area (Å²) < 4.78 is 0. The Hall–Kier alpha value is -0.420. The molecule has 0 spiro atoms. The number of aliphatic hydroxyl groups is 2. The zero-order valence-electron chi connectivity index (χ0n) is 18.7. The van der Waals surface area contributed by atoms with Crippen LogP contribution in [-0.4, -0.2) is 65.6 Å². The summed E-state index contributed by atoms with van der Waals surface area (Å²) in [7, 11) is 0. The first-order valence-electron chi connectivity index (χ1n) is 12.2. The Bertz CT molecular complexity index is 349. The minimum atomic E-state index is 0.205. The Labute approximate surface area is 175 Å². The van der Waals surface area contributed by atoms with Crippen LogP contribution in [0.15, 0.2) is 12.2 Å². The molecule has 1 rings (SSSR count). The third-order valence-corrected chi connectivity index (χ3v) is 5.98. The molecule has 1 saturated heterocycles. The molecule has 4 nitrogen and oxygen atoms in total. The van der Waals surface area contributed by atoms with Crippen molar-refractivity contribution >= 4 is 0 Å². The van der Waals surface area contributed by atoms with Crippen LogP contribution in [0.25, 0.3) is 0 Å². The van der Waals surface area contributed by atoms with Gasteiger partial charge in [0, 0.05) is 26.2 Å². The predicted molar refractivity (Wildman–Crippen MR) is 121 cm³/mol. The molecular weight excluding hydrogens is 348 g/mol. The van der Waals surface area contributed by atoms with Crippen molar-refractivity contribution in [3.63, 3.8) is 0 Å². The highest BCUT2D eigenvalue weighted by Crippen LogP contribution is 2.16. The normalized spacial score (nSPS) is 16.7. The van der Waals surface area contributed by atoms with Gasteiger partial charge in [-0.2, -0.15) is 0 Å². The number of nitrogens with zero attached hydrogens (tertiary/aromatic N) is 2. The van der Waals surface area contributed by atoms with Crippen LogP contribution in [0.4, 0.5) is 0 Å². The largest absolute Gasteiger partial charge is 0.395 e. The Kier molecular flexibility index (Phi) is 17.0. The Morgan fingerprint density at radius 1 is 0.679 bits per heavy atom. The van der Waals surface area contributed by atoms with E-state index in [1.165, 1.54) is 83.5 Å². The van der Waals surface area contributed by atoms with Crippen LogP contribution in [0.1, 0.15) is 96.8 Å². The quantitative estimate of drug-likeness (QED) is 0.239. The van der Waals surface area contributed by atoms with Gasteiger partial charge in [0.1, 0.15) is 0 Å². The molecule has 0 unspecified atom stereocenters. The lowest BCUT2D eigenvalue weighted by Gasteiger charge is -2.26. The van der Waals surface area contributed by atoms with Crippen LogP contribution in [0, 0.1) is 0 Å². The van der Waals surface area contributed by atoms with Gasteiger partial charge >= 0.3 is 0 Å². The maximum absolute atomic E-state index is 9.23. The zero-order valence-corrected chi connectivity index (χ0v) is 18.7.